The lowest BCUT2D eigenvalue weighted by Crippen LogP contribution is -2.46. The van der Waals surface area contributed by atoms with Crippen LogP contribution in [0.3, 0.4) is 0 Å². The van der Waals surface area contributed by atoms with Crippen LogP contribution >= 0.6 is 0 Å². The fourth-order valence-electron chi connectivity index (χ4n) is 2.51. The largest absolute Gasteiger partial charge is 0.481 e. The van der Waals surface area contributed by atoms with Gasteiger partial charge < -0.3 is 15.3 Å². The monoisotopic (exact) mass is 254 g/mol. The van der Waals surface area contributed by atoms with Crippen molar-refractivity contribution in [2.45, 2.75) is 32.2 Å². The van der Waals surface area contributed by atoms with Gasteiger partial charge in [-0.25, -0.2) is 0 Å². The van der Waals surface area contributed by atoms with Crippen molar-refractivity contribution in [1.82, 2.24) is 10.2 Å². The van der Waals surface area contributed by atoms with Gasteiger partial charge in [0.15, 0.2) is 0 Å². The number of carbonyl (C=O) groups excluding carboxylic acids is 2. The quantitative estimate of drug-likeness (QED) is 0.732. The van der Waals surface area contributed by atoms with E-state index in [2.05, 4.69) is 5.32 Å². The van der Waals surface area contributed by atoms with Gasteiger partial charge in [-0.05, 0) is 19.3 Å². The summed E-state index contributed by atoms with van der Waals surface area (Å²) in [7, 11) is 0. The molecule has 2 rings (SSSR count). The first-order valence-electron chi connectivity index (χ1n) is 6.27. The van der Waals surface area contributed by atoms with E-state index in [1.54, 1.807) is 4.90 Å². The number of rotatable bonds is 3. The van der Waals surface area contributed by atoms with Crippen LogP contribution in [0.4, 0.5) is 0 Å². The van der Waals surface area contributed by atoms with Crippen LogP contribution in [0.1, 0.15) is 26.2 Å². The second-order valence-electron chi connectivity index (χ2n) is 5.09. The van der Waals surface area contributed by atoms with E-state index in [-0.39, 0.29) is 23.8 Å². The van der Waals surface area contributed by atoms with Crippen molar-refractivity contribution in [3.8, 4) is 0 Å². The van der Waals surface area contributed by atoms with Gasteiger partial charge in [0.05, 0.1) is 11.8 Å². The first kappa shape index (κ1) is 12.9. The summed E-state index contributed by atoms with van der Waals surface area (Å²) < 4.78 is 0. The van der Waals surface area contributed by atoms with Gasteiger partial charge in [0.25, 0.3) is 0 Å². The van der Waals surface area contributed by atoms with E-state index in [0.29, 0.717) is 19.5 Å². The number of amides is 2. The lowest BCUT2D eigenvalue weighted by atomic mass is 10.0. The molecule has 0 aromatic heterocycles. The Morgan fingerprint density at radius 1 is 1.17 bits per heavy atom. The highest BCUT2D eigenvalue weighted by atomic mass is 16.4. The molecule has 2 fully saturated rings. The van der Waals surface area contributed by atoms with Crippen molar-refractivity contribution in [2.24, 2.45) is 11.8 Å². The van der Waals surface area contributed by atoms with E-state index in [1.165, 1.54) is 6.92 Å². The average Bonchev–Trinajstić information content (AvgIpc) is 3.08. The third kappa shape index (κ3) is 2.80. The van der Waals surface area contributed by atoms with E-state index in [9.17, 15) is 14.4 Å². The Morgan fingerprint density at radius 3 is 2.22 bits per heavy atom. The molecule has 2 N–H and O–H groups in total. The Morgan fingerprint density at radius 2 is 1.78 bits per heavy atom. The Bertz CT molecular complexity index is 374. The van der Waals surface area contributed by atoms with E-state index in [4.69, 9.17) is 5.11 Å². The molecule has 1 aliphatic carbocycles. The van der Waals surface area contributed by atoms with Gasteiger partial charge in [0.2, 0.25) is 11.8 Å². The number of likely N-dealkylation sites (tertiary alicyclic amines) is 1. The Kier molecular flexibility index (Phi) is 3.54. The summed E-state index contributed by atoms with van der Waals surface area (Å²) in [6.07, 6.45) is 1.96. The summed E-state index contributed by atoms with van der Waals surface area (Å²) >= 11 is 0. The van der Waals surface area contributed by atoms with Crippen LogP contribution in [0, 0.1) is 11.8 Å². The molecule has 1 saturated heterocycles. The number of piperidine rings is 1. The first-order chi connectivity index (χ1) is 8.49. The molecule has 6 heteroatoms. The number of nitrogens with zero attached hydrogens (tertiary/aromatic N) is 1. The maximum Gasteiger partial charge on any atom is 0.307 e. The molecular formula is C12H18N2O4. The van der Waals surface area contributed by atoms with Gasteiger partial charge >= 0.3 is 5.97 Å². The smallest absolute Gasteiger partial charge is 0.307 e. The summed E-state index contributed by atoms with van der Waals surface area (Å²) in [6, 6.07) is 0.140. The highest BCUT2D eigenvalue weighted by Gasteiger charge is 2.50. The van der Waals surface area contributed by atoms with Crippen LogP contribution in [0.15, 0.2) is 0 Å². The number of hydrogen-bond acceptors (Lipinski definition) is 3. The molecule has 0 aromatic rings. The molecule has 2 amide bonds. The second-order valence-corrected chi connectivity index (χ2v) is 5.09. The van der Waals surface area contributed by atoms with E-state index < -0.39 is 11.9 Å². The number of aliphatic carboxylic acids is 1. The summed E-state index contributed by atoms with van der Waals surface area (Å²) in [5.74, 6) is -1.76. The molecule has 18 heavy (non-hydrogen) atoms. The van der Waals surface area contributed by atoms with Crippen molar-refractivity contribution in [3.63, 3.8) is 0 Å². The molecule has 0 aromatic carbocycles. The highest BCUT2D eigenvalue weighted by Crippen LogP contribution is 2.40. The molecule has 1 aliphatic heterocycles. The van der Waals surface area contributed by atoms with Crippen molar-refractivity contribution < 1.29 is 19.5 Å². The van der Waals surface area contributed by atoms with Crippen LogP contribution < -0.4 is 5.32 Å². The maximum atomic E-state index is 12.0. The molecule has 2 atom stereocenters. The van der Waals surface area contributed by atoms with Gasteiger partial charge in [0.1, 0.15) is 0 Å². The first-order valence-corrected chi connectivity index (χ1v) is 6.27. The number of hydrogen-bond donors (Lipinski definition) is 2. The van der Waals surface area contributed by atoms with Crippen molar-refractivity contribution in [2.75, 3.05) is 13.1 Å². The molecule has 1 heterocycles. The SMILES string of the molecule is CC(=O)NC1CCN(C(=O)[C@@H]2C[C@@H]2C(=O)O)CC1. The van der Waals surface area contributed by atoms with Gasteiger partial charge in [-0.3, -0.25) is 14.4 Å². The summed E-state index contributed by atoms with van der Waals surface area (Å²) in [5, 5.41) is 11.6. The normalized spacial score (nSPS) is 27.7. The van der Waals surface area contributed by atoms with Crippen molar-refractivity contribution in [3.05, 3.63) is 0 Å². The Hall–Kier alpha value is -1.59. The van der Waals surface area contributed by atoms with Crippen LogP contribution in [-0.4, -0.2) is 46.9 Å². The average molecular weight is 254 g/mol. The molecule has 1 saturated carbocycles. The number of nitrogens with one attached hydrogen (secondary N) is 1. The zero-order valence-electron chi connectivity index (χ0n) is 10.4. The predicted molar refractivity (Wildman–Crippen MR) is 62.7 cm³/mol. The third-order valence-corrected chi connectivity index (χ3v) is 3.64. The lowest BCUT2D eigenvalue weighted by Gasteiger charge is -2.32. The van der Waals surface area contributed by atoms with Crippen molar-refractivity contribution in [1.29, 1.82) is 0 Å². The zero-order chi connectivity index (χ0) is 13.3. The van der Waals surface area contributed by atoms with Gasteiger partial charge in [-0.1, -0.05) is 0 Å². The van der Waals surface area contributed by atoms with Crippen LogP contribution in [-0.2, 0) is 14.4 Å². The number of carboxylic acid groups (broad SMARTS) is 1. The predicted octanol–water partition coefficient (Wildman–Crippen LogP) is -0.166. The van der Waals surface area contributed by atoms with E-state index in [0.717, 1.165) is 12.8 Å². The maximum absolute atomic E-state index is 12.0. The van der Waals surface area contributed by atoms with Crippen LogP contribution in [0.25, 0.3) is 0 Å². The van der Waals surface area contributed by atoms with Crippen LogP contribution in [0.5, 0.6) is 0 Å². The minimum absolute atomic E-state index is 0.0383. The van der Waals surface area contributed by atoms with Gasteiger partial charge in [0, 0.05) is 26.1 Å². The fraction of sp³-hybridized carbons (Fsp3) is 0.750. The third-order valence-electron chi connectivity index (χ3n) is 3.64. The van der Waals surface area contributed by atoms with Gasteiger partial charge in [-0.2, -0.15) is 0 Å². The molecule has 0 spiro atoms. The Balaban J connectivity index is 1.78. The number of carbonyl (C=O) groups is 3. The molecule has 100 valence electrons. The standard InChI is InChI=1S/C12H18N2O4/c1-7(15)13-8-2-4-14(5-3-8)11(16)9-6-10(9)12(17)18/h8-10H,2-6H2,1H3,(H,13,15)(H,17,18)/t9-,10+/m1/s1. The molecule has 0 unspecified atom stereocenters. The molecule has 0 bridgehead atoms. The minimum atomic E-state index is -0.874. The topological polar surface area (TPSA) is 86.7 Å². The van der Waals surface area contributed by atoms with Crippen molar-refractivity contribution >= 4 is 17.8 Å². The van der Waals surface area contributed by atoms with Crippen LogP contribution in [0.2, 0.25) is 0 Å². The zero-order valence-corrected chi connectivity index (χ0v) is 10.4. The summed E-state index contributed by atoms with van der Waals surface area (Å²) in [4.78, 5) is 35.3. The summed E-state index contributed by atoms with van der Waals surface area (Å²) in [6.45, 7) is 2.69. The Labute approximate surface area is 105 Å². The number of carboxylic acids is 1. The van der Waals surface area contributed by atoms with E-state index in [1.807, 2.05) is 0 Å². The lowest BCUT2D eigenvalue weighted by molar-refractivity contribution is -0.142. The molecule has 2 aliphatic rings. The van der Waals surface area contributed by atoms with Gasteiger partial charge in [-0.15, -0.1) is 0 Å². The fourth-order valence-corrected chi connectivity index (χ4v) is 2.51. The molecule has 6 nitrogen and oxygen atoms in total. The summed E-state index contributed by atoms with van der Waals surface area (Å²) in [5.41, 5.74) is 0. The highest BCUT2D eigenvalue weighted by molar-refractivity contribution is 5.89. The second kappa shape index (κ2) is 4.96. The molecule has 0 radical (unpaired) electrons. The molecular weight excluding hydrogens is 236 g/mol. The minimum Gasteiger partial charge on any atom is -0.481 e. The van der Waals surface area contributed by atoms with E-state index >= 15 is 0 Å².